The summed E-state index contributed by atoms with van der Waals surface area (Å²) in [5.41, 5.74) is 0.939. The van der Waals surface area contributed by atoms with E-state index in [0.29, 0.717) is 19.2 Å². The van der Waals surface area contributed by atoms with Gasteiger partial charge in [-0.3, -0.25) is 4.90 Å². The van der Waals surface area contributed by atoms with Crippen LogP contribution in [0.2, 0.25) is 0 Å². The number of morpholine rings is 1. The van der Waals surface area contributed by atoms with Crippen LogP contribution < -0.4 is 4.74 Å². The second kappa shape index (κ2) is 5.68. The Morgan fingerprint density at radius 3 is 3.05 bits per heavy atom. The maximum atomic E-state index is 13.2. The number of halogens is 1. The molecule has 4 nitrogen and oxygen atoms in total. The van der Waals surface area contributed by atoms with Crippen LogP contribution in [0.5, 0.6) is 5.75 Å². The lowest BCUT2D eigenvalue weighted by molar-refractivity contribution is -0.0840. The van der Waals surface area contributed by atoms with Crippen molar-refractivity contribution in [3.8, 4) is 5.75 Å². The lowest BCUT2D eigenvalue weighted by Crippen LogP contribution is -2.52. The standard InChI is InChI=1S/C15H20FNO3/c1-10-9-19-14(8-18)7-17(10)6-13-5-11-4-12(16)2-3-15(11)20-13/h2-4,10,13-14,18H,5-9H2,1H3. The molecule has 20 heavy (non-hydrogen) atoms. The second-order valence-corrected chi connectivity index (χ2v) is 5.64. The van der Waals surface area contributed by atoms with E-state index in [4.69, 9.17) is 9.47 Å². The van der Waals surface area contributed by atoms with Gasteiger partial charge in [0.25, 0.3) is 0 Å². The molecule has 0 aromatic heterocycles. The molecule has 2 aliphatic rings. The second-order valence-electron chi connectivity index (χ2n) is 5.64. The van der Waals surface area contributed by atoms with Crippen LogP contribution in [0.25, 0.3) is 0 Å². The zero-order valence-electron chi connectivity index (χ0n) is 11.6. The minimum atomic E-state index is -0.215. The molecule has 2 heterocycles. The zero-order valence-corrected chi connectivity index (χ0v) is 11.6. The summed E-state index contributed by atoms with van der Waals surface area (Å²) in [4.78, 5) is 2.28. The van der Waals surface area contributed by atoms with E-state index in [0.717, 1.165) is 24.3 Å². The van der Waals surface area contributed by atoms with Gasteiger partial charge in [-0.05, 0) is 25.1 Å². The number of hydrogen-bond donors (Lipinski definition) is 1. The zero-order chi connectivity index (χ0) is 14.1. The molecular formula is C15H20FNO3. The first-order valence-corrected chi connectivity index (χ1v) is 7.07. The van der Waals surface area contributed by atoms with Gasteiger partial charge in [-0.15, -0.1) is 0 Å². The van der Waals surface area contributed by atoms with Crippen molar-refractivity contribution in [2.75, 3.05) is 26.3 Å². The summed E-state index contributed by atoms with van der Waals surface area (Å²) < 4.78 is 24.6. The van der Waals surface area contributed by atoms with E-state index >= 15 is 0 Å². The van der Waals surface area contributed by atoms with Gasteiger partial charge in [-0.1, -0.05) is 0 Å². The van der Waals surface area contributed by atoms with Gasteiger partial charge < -0.3 is 14.6 Å². The normalized spacial score (nSPS) is 30.1. The Morgan fingerprint density at radius 2 is 2.25 bits per heavy atom. The van der Waals surface area contributed by atoms with Crippen LogP contribution in [0, 0.1) is 5.82 Å². The summed E-state index contributed by atoms with van der Waals surface area (Å²) in [6.45, 7) is 4.26. The molecule has 1 saturated heterocycles. The van der Waals surface area contributed by atoms with Gasteiger partial charge in [0.1, 0.15) is 17.7 Å². The average molecular weight is 281 g/mol. The van der Waals surface area contributed by atoms with Crippen LogP contribution in [-0.2, 0) is 11.2 Å². The number of nitrogens with zero attached hydrogens (tertiary/aromatic N) is 1. The maximum absolute atomic E-state index is 13.2. The molecule has 0 aliphatic carbocycles. The van der Waals surface area contributed by atoms with Gasteiger partial charge in [0.05, 0.1) is 19.3 Å². The van der Waals surface area contributed by atoms with Crippen molar-refractivity contribution < 1.29 is 19.0 Å². The minimum absolute atomic E-state index is 0.0418. The van der Waals surface area contributed by atoms with E-state index in [1.807, 2.05) is 0 Å². The number of rotatable bonds is 3. The van der Waals surface area contributed by atoms with E-state index in [-0.39, 0.29) is 24.6 Å². The molecule has 110 valence electrons. The van der Waals surface area contributed by atoms with E-state index in [9.17, 15) is 9.50 Å². The molecule has 0 radical (unpaired) electrons. The van der Waals surface area contributed by atoms with Crippen LogP contribution in [0.15, 0.2) is 18.2 Å². The Morgan fingerprint density at radius 1 is 1.40 bits per heavy atom. The molecule has 5 heteroatoms. The summed E-state index contributed by atoms with van der Waals surface area (Å²) in [6.07, 6.45) is 0.667. The first-order chi connectivity index (χ1) is 9.65. The number of aliphatic hydroxyl groups excluding tert-OH is 1. The Bertz CT molecular complexity index is 482. The van der Waals surface area contributed by atoms with Gasteiger partial charge in [0.2, 0.25) is 0 Å². The van der Waals surface area contributed by atoms with Gasteiger partial charge in [0.15, 0.2) is 0 Å². The maximum Gasteiger partial charge on any atom is 0.123 e. The predicted octanol–water partition coefficient (Wildman–Crippen LogP) is 1.21. The third kappa shape index (κ3) is 2.80. The molecule has 2 aliphatic heterocycles. The van der Waals surface area contributed by atoms with E-state index in [1.54, 1.807) is 12.1 Å². The molecule has 1 N–H and O–H groups in total. The highest BCUT2D eigenvalue weighted by molar-refractivity contribution is 5.37. The molecular weight excluding hydrogens is 261 g/mol. The molecule has 0 bridgehead atoms. The topological polar surface area (TPSA) is 41.9 Å². The fourth-order valence-electron chi connectivity index (χ4n) is 2.89. The third-order valence-corrected chi connectivity index (χ3v) is 4.04. The molecule has 3 atom stereocenters. The number of aliphatic hydroxyl groups is 1. The lowest BCUT2D eigenvalue weighted by Gasteiger charge is -2.38. The first kappa shape index (κ1) is 13.8. The van der Waals surface area contributed by atoms with E-state index in [1.165, 1.54) is 6.07 Å². The van der Waals surface area contributed by atoms with Crippen LogP contribution in [0.3, 0.4) is 0 Å². The van der Waals surface area contributed by atoms with Gasteiger partial charge in [0, 0.05) is 31.1 Å². The highest BCUT2D eigenvalue weighted by atomic mass is 19.1. The quantitative estimate of drug-likeness (QED) is 0.904. The Labute approximate surface area is 118 Å². The van der Waals surface area contributed by atoms with Crippen molar-refractivity contribution in [1.29, 1.82) is 0 Å². The SMILES string of the molecule is CC1COC(CO)CN1CC1Cc2cc(F)ccc2O1. The first-order valence-electron chi connectivity index (χ1n) is 7.07. The molecule has 0 amide bonds. The Balaban J connectivity index is 1.62. The number of benzene rings is 1. The highest BCUT2D eigenvalue weighted by Gasteiger charge is 2.31. The summed E-state index contributed by atoms with van der Waals surface area (Å²) in [5, 5.41) is 9.20. The molecule has 1 aromatic carbocycles. The Kier molecular flexibility index (Phi) is 3.92. The van der Waals surface area contributed by atoms with Gasteiger partial charge in [-0.25, -0.2) is 4.39 Å². The molecule has 1 aromatic rings. The fraction of sp³-hybridized carbons (Fsp3) is 0.600. The van der Waals surface area contributed by atoms with Gasteiger partial charge >= 0.3 is 0 Å². The molecule has 0 spiro atoms. The highest BCUT2D eigenvalue weighted by Crippen LogP contribution is 2.30. The number of ether oxygens (including phenoxy) is 2. The predicted molar refractivity (Wildman–Crippen MR) is 72.4 cm³/mol. The molecule has 0 saturated carbocycles. The summed E-state index contributed by atoms with van der Waals surface area (Å²) in [7, 11) is 0. The summed E-state index contributed by atoms with van der Waals surface area (Å²) >= 11 is 0. The van der Waals surface area contributed by atoms with Crippen molar-refractivity contribution in [3.05, 3.63) is 29.6 Å². The van der Waals surface area contributed by atoms with Gasteiger partial charge in [-0.2, -0.15) is 0 Å². The summed E-state index contributed by atoms with van der Waals surface area (Å²) in [5.74, 6) is 0.573. The van der Waals surface area contributed by atoms with Crippen LogP contribution in [0.4, 0.5) is 4.39 Å². The monoisotopic (exact) mass is 281 g/mol. The fourth-order valence-corrected chi connectivity index (χ4v) is 2.89. The van der Waals surface area contributed by atoms with E-state index in [2.05, 4.69) is 11.8 Å². The minimum Gasteiger partial charge on any atom is -0.488 e. The smallest absolute Gasteiger partial charge is 0.123 e. The summed E-state index contributed by atoms with van der Waals surface area (Å²) in [6, 6.07) is 4.99. The van der Waals surface area contributed by atoms with Crippen LogP contribution in [-0.4, -0.2) is 54.6 Å². The van der Waals surface area contributed by atoms with Crippen LogP contribution >= 0.6 is 0 Å². The molecule has 3 rings (SSSR count). The van der Waals surface area contributed by atoms with Crippen molar-refractivity contribution in [2.45, 2.75) is 31.6 Å². The van der Waals surface area contributed by atoms with Crippen LogP contribution in [0.1, 0.15) is 12.5 Å². The average Bonchev–Trinajstić information content (AvgIpc) is 2.82. The largest absolute Gasteiger partial charge is 0.488 e. The van der Waals surface area contributed by atoms with Crippen molar-refractivity contribution >= 4 is 0 Å². The van der Waals surface area contributed by atoms with Crippen molar-refractivity contribution in [2.24, 2.45) is 0 Å². The molecule has 1 fully saturated rings. The number of hydrogen-bond acceptors (Lipinski definition) is 4. The van der Waals surface area contributed by atoms with Crippen molar-refractivity contribution in [3.63, 3.8) is 0 Å². The Hall–Kier alpha value is -1.17. The molecule has 3 unspecified atom stereocenters. The van der Waals surface area contributed by atoms with Crippen molar-refractivity contribution in [1.82, 2.24) is 4.90 Å². The lowest BCUT2D eigenvalue weighted by atomic mass is 10.1. The third-order valence-electron chi connectivity index (χ3n) is 4.04. The number of fused-ring (bicyclic) bond motifs is 1. The van der Waals surface area contributed by atoms with E-state index < -0.39 is 0 Å².